The van der Waals surface area contributed by atoms with E-state index < -0.39 is 10.8 Å². The van der Waals surface area contributed by atoms with Crippen molar-refractivity contribution in [3.8, 4) is 6.07 Å². The Morgan fingerprint density at radius 3 is 2.72 bits per heavy atom. The lowest BCUT2D eigenvalue weighted by Gasteiger charge is -2.36. The Morgan fingerprint density at radius 1 is 1.48 bits per heavy atom. The molecular formula is C17H17N3O4S. The minimum absolute atomic E-state index is 0.0203. The molecule has 7 nitrogen and oxygen atoms in total. The third-order valence-electron chi connectivity index (χ3n) is 4.47. The number of carbonyl (C=O) groups excluding carboxylic acids is 1. The molecular weight excluding hydrogens is 342 g/mol. The summed E-state index contributed by atoms with van der Waals surface area (Å²) in [6.45, 7) is 5.58. The molecule has 0 aromatic carbocycles. The van der Waals surface area contributed by atoms with Gasteiger partial charge in [-0.1, -0.05) is 13.8 Å². The molecule has 1 aromatic rings. The molecule has 2 N–H and O–H groups in total. The van der Waals surface area contributed by atoms with E-state index >= 15 is 0 Å². The molecule has 1 unspecified atom stereocenters. The largest absolute Gasteiger partial charge is 0.444 e. The van der Waals surface area contributed by atoms with Crippen molar-refractivity contribution >= 4 is 22.8 Å². The molecule has 0 spiro atoms. The fourth-order valence-corrected chi connectivity index (χ4v) is 4.50. The number of Topliss-reactive ketones (excluding diaryl/α,β-unsaturated/α-hetero) is 1. The van der Waals surface area contributed by atoms with Crippen molar-refractivity contribution in [2.75, 3.05) is 0 Å². The standard InChI is InChI=1S/C17H17N3O4S/c1-8-10(20(22)23)4-13(25-8)14-9(7-18)16(19)24-12-6-17(2,3)5-11(21)15(12)14/h4,14H,5-6,19H2,1-3H3. The molecule has 0 amide bonds. The smallest absolute Gasteiger partial charge is 0.283 e. The van der Waals surface area contributed by atoms with Crippen LogP contribution in [-0.2, 0) is 9.53 Å². The summed E-state index contributed by atoms with van der Waals surface area (Å²) in [5.74, 6) is -0.373. The van der Waals surface area contributed by atoms with Crippen molar-refractivity contribution in [2.45, 2.75) is 39.5 Å². The molecule has 1 aromatic heterocycles. The molecule has 130 valence electrons. The average molecular weight is 359 g/mol. The summed E-state index contributed by atoms with van der Waals surface area (Å²) in [6, 6.07) is 3.44. The summed E-state index contributed by atoms with van der Waals surface area (Å²) >= 11 is 1.20. The van der Waals surface area contributed by atoms with Crippen LogP contribution in [0.2, 0.25) is 0 Å². The number of nitrogens with two attached hydrogens (primary N) is 1. The minimum atomic E-state index is -0.699. The van der Waals surface area contributed by atoms with Gasteiger partial charge in [-0.05, 0) is 12.3 Å². The number of nitro groups is 1. The van der Waals surface area contributed by atoms with E-state index in [1.807, 2.05) is 19.9 Å². The predicted molar refractivity (Wildman–Crippen MR) is 91.4 cm³/mol. The van der Waals surface area contributed by atoms with Crippen molar-refractivity contribution in [1.29, 1.82) is 5.26 Å². The van der Waals surface area contributed by atoms with Crippen LogP contribution in [0, 0.1) is 33.8 Å². The summed E-state index contributed by atoms with van der Waals surface area (Å²) in [5.41, 5.74) is 6.17. The van der Waals surface area contributed by atoms with E-state index in [9.17, 15) is 20.2 Å². The zero-order chi connectivity index (χ0) is 18.5. The molecule has 8 heteroatoms. The highest BCUT2D eigenvalue weighted by Crippen LogP contribution is 2.49. The molecule has 2 aliphatic rings. The second-order valence-electron chi connectivity index (χ2n) is 7.05. The number of nitriles is 1. The summed E-state index contributed by atoms with van der Waals surface area (Å²) in [7, 11) is 0. The lowest BCUT2D eigenvalue weighted by molar-refractivity contribution is -0.385. The van der Waals surface area contributed by atoms with Crippen molar-refractivity contribution in [1.82, 2.24) is 0 Å². The number of hydrogen-bond acceptors (Lipinski definition) is 7. The molecule has 0 bridgehead atoms. The molecule has 0 fully saturated rings. The minimum Gasteiger partial charge on any atom is -0.444 e. The number of rotatable bonds is 2. The van der Waals surface area contributed by atoms with E-state index in [2.05, 4.69) is 0 Å². The van der Waals surface area contributed by atoms with E-state index in [1.165, 1.54) is 17.4 Å². The van der Waals surface area contributed by atoms with E-state index in [0.29, 0.717) is 33.9 Å². The van der Waals surface area contributed by atoms with Crippen LogP contribution in [0.3, 0.4) is 0 Å². The lowest BCUT2D eigenvalue weighted by atomic mass is 9.71. The number of allylic oxidation sites excluding steroid dienone is 3. The van der Waals surface area contributed by atoms with Gasteiger partial charge in [0.2, 0.25) is 5.88 Å². The zero-order valence-electron chi connectivity index (χ0n) is 14.1. The van der Waals surface area contributed by atoms with E-state index in [1.54, 1.807) is 6.92 Å². The zero-order valence-corrected chi connectivity index (χ0v) is 14.9. The van der Waals surface area contributed by atoms with Gasteiger partial charge in [0.05, 0.1) is 15.7 Å². The maximum absolute atomic E-state index is 12.8. The Labute approximate surface area is 148 Å². The third-order valence-corrected chi connectivity index (χ3v) is 5.57. The number of ether oxygens (including phenoxy) is 1. The molecule has 0 saturated carbocycles. The second kappa shape index (κ2) is 5.70. The van der Waals surface area contributed by atoms with Crippen molar-refractivity contribution in [3.05, 3.63) is 48.7 Å². The Bertz CT molecular complexity index is 901. The first kappa shape index (κ1) is 17.2. The van der Waals surface area contributed by atoms with Crippen molar-refractivity contribution in [2.24, 2.45) is 11.1 Å². The van der Waals surface area contributed by atoms with Crippen LogP contribution >= 0.6 is 11.3 Å². The normalized spacial score (nSPS) is 22.3. The predicted octanol–water partition coefficient (Wildman–Crippen LogP) is 3.42. The summed E-state index contributed by atoms with van der Waals surface area (Å²) in [4.78, 5) is 24.6. The van der Waals surface area contributed by atoms with Gasteiger partial charge < -0.3 is 10.5 Å². The fourth-order valence-electron chi connectivity index (χ4n) is 3.39. The molecule has 3 rings (SSSR count). The van der Waals surface area contributed by atoms with Crippen molar-refractivity contribution < 1.29 is 14.5 Å². The highest BCUT2D eigenvalue weighted by Gasteiger charge is 2.44. The van der Waals surface area contributed by atoms with Crippen LogP contribution < -0.4 is 5.73 Å². The van der Waals surface area contributed by atoms with Crippen LogP contribution in [0.4, 0.5) is 5.69 Å². The van der Waals surface area contributed by atoms with E-state index in [0.717, 1.165) is 0 Å². The average Bonchev–Trinajstić information content (AvgIpc) is 2.86. The first-order valence-corrected chi connectivity index (χ1v) is 8.55. The number of ketones is 1. The SMILES string of the molecule is Cc1sc(C2C(C#N)=C(N)OC3=C2C(=O)CC(C)(C)C3)cc1[N+](=O)[O-]. The van der Waals surface area contributed by atoms with Crippen LogP contribution in [-0.4, -0.2) is 10.7 Å². The quantitative estimate of drug-likeness (QED) is 0.638. The lowest BCUT2D eigenvalue weighted by Crippen LogP contribution is -2.33. The molecule has 2 heterocycles. The van der Waals surface area contributed by atoms with Gasteiger partial charge in [0.1, 0.15) is 17.4 Å². The molecule has 1 atom stereocenters. The highest BCUT2D eigenvalue weighted by molar-refractivity contribution is 7.12. The number of hydrogen-bond donors (Lipinski definition) is 1. The van der Waals surface area contributed by atoms with E-state index in [4.69, 9.17) is 10.5 Å². The first-order chi connectivity index (χ1) is 11.6. The molecule has 1 aliphatic carbocycles. The number of aryl methyl sites for hydroxylation is 1. The highest BCUT2D eigenvalue weighted by atomic mass is 32.1. The van der Waals surface area contributed by atoms with Gasteiger partial charge in [0.15, 0.2) is 5.78 Å². The monoisotopic (exact) mass is 359 g/mol. The van der Waals surface area contributed by atoms with Crippen molar-refractivity contribution in [3.63, 3.8) is 0 Å². The topological polar surface area (TPSA) is 119 Å². The van der Waals surface area contributed by atoms with Crippen LogP contribution in [0.5, 0.6) is 0 Å². The maximum atomic E-state index is 12.8. The van der Waals surface area contributed by atoms with Gasteiger partial charge >= 0.3 is 0 Å². The maximum Gasteiger partial charge on any atom is 0.283 e. The Balaban J connectivity index is 2.20. The molecule has 0 saturated heterocycles. The molecule has 25 heavy (non-hydrogen) atoms. The van der Waals surface area contributed by atoms with E-state index in [-0.39, 0.29) is 28.3 Å². The van der Waals surface area contributed by atoms with Crippen LogP contribution in [0.15, 0.2) is 28.9 Å². The molecule has 1 aliphatic heterocycles. The Morgan fingerprint density at radius 2 is 2.16 bits per heavy atom. The summed E-state index contributed by atoms with van der Waals surface area (Å²) in [5, 5.41) is 20.7. The second-order valence-corrected chi connectivity index (χ2v) is 8.34. The first-order valence-electron chi connectivity index (χ1n) is 7.73. The Kier molecular flexibility index (Phi) is 3.92. The Hall–Kier alpha value is -2.66. The van der Waals surface area contributed by atoms with Gasteiger partial charge in [0.25, 0.3) is 5.69 Å². The number of thiophene rings is 1. The summed E-state index contributed by atoms with van der Waals surface area (Å²) < 4.78 is 5.60. The van der Waals surface area contributed by atoms with Gasteiger partial charge in [-0.3, -0.25) is 14.9 Å². The number of nitrogens with zero attached hydrogens (tertiary/aromatic N) is 2. The van der Waals surface area contributed by atoms with Crippen LogP contribution in [0.1, 0.15) is 42.4 Å². The number of carbonyl (C=O) groups is 1. The van der Waals surface area contributed by atoms with Crippen LogP contribution in [0.25, 0.3) is 0 Å². The van der Waals surface area contributed by atoms with Gasteiger partial charge in [0, 0.05) is 29.4 Å². The van der Waals surface area contributed by atoms with Gasteiger partial charge in [-0.15, -0.1) is 11.3 Å². The fraction of sp³-hybridized carbons (Fsp3) is 0.412. The third kappa shape index (κ3) is 2.81. The molecule has 0 radical (unpaired) electrons. The summed E-state index contributed by atoms with van der Waals surface area (Å²) in [6.07, 6.45) is 0.854. The van der Waals surface area contributed by atoms with Gasteiger partial charge in [-0.2, -0.15) is 5.26 Å². The van der Waals surface area contributed by atoms with Gasteiger partial charge in [-0.25, -0.2) is 0 Å².